The van der Waals surface area contributed by atoms with Gasteiger partial charge in [-0.1, -0.05) is 25.4 Å². The average molecular weight is 287 g/mol. The number of anilines is 1. The van der Waals surface area contributed by atoms with Crippen LogP contribution in [0.5, 0.6) is 5.75 Å². The first-order valence-electron chi connectivity index (χ1n) is 6.58. The fourth-order valence-corrected chi connectivity index (χ4v) is 2.02. The number of rotatable bonds is 8. The summed E-state index contributed by atoms with van der Waals surface area (Å²) in [7, 11) is 1.61. The minimum absolute atomic E-state index is 0.429. The van der Waals surface area contributed by atoms with Gasteiger partial charge in [-0.25, -0.2) is 0 Å². The van der Waals surface area contributed by atoms with Gasteiger partial charge in [-0.15, -0.1) is 0 Å². The van der Waals surface area contributed by atoms with Gasteiger partial charge >= 0.3 is 0 Å². The Bertz CT molecular complexity index is 384. The van der Waals surface area contributed by atoms with E-state index in [0.717, 1.165) is 24.5 Å². The number of hydrogen-bond acceptors (Lipinski definition) is 4. The van der Waals surface area contributed by atoms with Gasteiger partial charge in [-0.3, -0.25) is 0 Å². The SMILES string of the molecule is CCN(CC)CC(O)CNc1cc(OC)ccc1Cl. The van der Waals surface area contributed by atoms with Gasteiger partial charge in [-0.2, -0.15) is 0 Å². The van der Waals surface area contributed by atoms with Gasteiger partial charge in [-0.05, 0) is 25.2 Å². The Morgan fingerprint density at radius 2 is 2.05 bits per heavy atom. The highest BCUT2D eigenvalue weighted by molar-refractivity contribution is 6.33. The Morgan fingerprint density at radius 3 is 2.63 bits per heavy atom. The van der Waals surface area contributed by atoms with E-state index >= 15 is 0 Å². The maximum Gasteiger partial charge on any atom is 0.121 e. The Hall–Kier alpha value is -0.970. The third-order valence-corrected chi connectivity index (χ3v) is 3.39. The summed E-state index contributed by atoms with van der Waals surface area (Å²) in [6.45, 7) is 7.16. The van der Waals surface area contributed by atoms with Crippen LogP contribution >= 0.6 is 11.6 Å². The summed E-state index contributed by atoms with van der Waals surface area (Å²) in [5, 5.41) is 13.8. The zero-order valence-electron chi connectivity index (χ0n) is 11.8. The highest BCUT2D eigenvalue weighted by Gasteiger charge is 2.10. The lowest BCUT2D eigenvalue weighted by Gasteiger charge is -2.22. The van der Waals surface area contributed by atoms with Crippen LogP contribution in [0, 0.1) is 0 Å². The third-order valence-electron chi connectivity index (χ3n) is 3.07. The molecule has 0 fully saturated rings. The first-order chi connectivity index (χ1) is 9.10. The standard InChI is InChI=1S/C14H23ClN2O2/c1-4-17(5-2)10-11(18)9-16-14-8-12(19-3)6-7-13(14)15/h6-8,11,16,18H,4-5,9-10H2,1-3H3. The molecule has 0 aliphatic heterocycles. The van der Waals surface area contributed by atoms with Crippen molar-refractivity contribution in [1.29, 1.82) is 0 Å². The summed E-state index contributed by atoms with van der Waals surface area (Å²) in [6, 6.07) is 5.41. The second-order valence-electron chi connectivity index (χ2n) is 4.37. The molecular weight excluding hydrogens is 264 g/mol. The van der Waals surface area contributed by atoms with Gasteiger partial charge in [0, 0.05) is 19.2 Å². The molecule has 4 nitrogen and oxygen atoms in total. The second kappa shape index (κ2) is 8.25. The molecule has 0 spiro atoms. The van der Waals surface area contributed by atoms with Crippen molar-refractivity contribution in [3.05, 3.63) is 23.2 Å². The van der Waals surface area contributed by atoms with Crippen LogP contribution in [-0.2, 0) is 0 Å². The fourth-order valence-electron chi connectivity index (χ4n) is 1.84. The van der Waals surface area contributed by atoms with Crippen molar-refractivity contribution in [3.8, 4) is 5.75 Å². The number of hydrogen-bond donors (Lipinski definition) is 2. The molecule has 0 saturated heterocycles. The number of methoxy groups -OCH3 is 1. The average Bonchev–Trinajstić information content (AvgIpc) is 2.43. The van der Waals surface area contributed by atoms with Crippen LogP contribution in [0.4, 0.5) is 5.69 Å². The largest absolute Gasteiger partial charge is 0.497 e. The van der Waals surface area contributed by atoms with Crippen LogP contribution in [0.2, 0.25) is 5.02 Å². The van der Waals surface area contributed by atoms with Crippen molar-refractivity contribution in [2.75, 3.05) is 38.6 Å². The van der Waals surface area contributed by atoms with Crippen molar-refractivity contribution in [2.45, 2.75) is 20.0 Å². The van der Waals surface area contributed by atoms with Crippen molar-refractivity contribution in [3.63, 3.8) is 0 Å². The number of likely N-dealkylation sites (N-methyl/N-ethyl adjacent to an activating group) is 1. The van der Waals surface area contributed by atoms with E-state index in [2.05, 4.69) is 24.1 Å². The summed E-state index contributed by atoms with van der Waals surface area (Å²) in [6.07, 6.45) is -0.429. The van der Waals surface area contributed by atoms with Crippen LogP contribution < -0.4 is 10.1 Å². The molecule has 5 heteroatoms. The molecule has 2 N–H and O–H groups in total. The Balaban J connectivity index is 2.51. The predicted molar refractivity (Wildman–Crippen MR) is 80.3 cm³/mol. The molecule has 0 bridgehead atoms. The van der Waals surface area contributed by atoms with Crippen molar-refractivity contribution in [2.24, 2.45) is 0 Å². The lowest BCUT2D eigenvalue weighted by atomic mass is 10.2. The van der Waals surface area contributed by atoms with E-state index < -0.39 is 6.10 Å². The van der Waals surface area contributed by atoms with Gasteiger partial charge in [0.15, 0.2) is 0 Å². The molecule has 108 valence electrons. The number of nitrogens with one attached hydrogen (secondary N) is 1. The highest BCUT2D eigenvalue weighted by atomic mass is 35.5. The molecule has 19 heavy (non-hydrogen) atoms. The van der Waals surface area contributed by atoms with E-state index in [0.29, 0.717) is 18.1 Å². The predicted octanol–water partition coefficient (Wildman–Crippen LogP) is 2.46. The van der Waals surface area contributed by atoms with Gasteiger partial charge in [0.1, 0.15) is 5.75 Å². The lowest BCUT2D eigenvalue weighted by Crippen LogP contribution is -2.35. The molecule has 1 atom stereocenters. The van der Waals surface area contributed by atoms with E-state index in [-0.39, 0.29) is 0 Å². The van der Waals surface area contributed by atoms with E-state index in [1.54, 1.807) is 19.2 Å². The summed E-state index contributed by atoms with van der Waals surface area (Å²) in [5.74, 6) is 0.741. The van der Waals surface area contributed by atoms with Gasteiger partial charge in [0.25, 0.3) is 0 Å². The van der Waals surface area contributed by atoms with Crippen molar-refractivity contribution in [1.82, 2.24) is 4.90 Å². The zero-order valence-corrected chi connectivity index (χ0v) is 12.6. The maximum atomic E-state index is 9.98. The second-order valence-corrected chi connectivity index (χ2v) is 4.77. The molecule has 0 saturated carbocycles. The molecule has 0 aliphatic rings. The van der Waals surface area contributed by atoms with Gasteiger partial charge in [0.2, 0.25) is 0 Å². The molecule has 0 radical (unpaired) electrons. The fraction of sp³-hybridized carbons (Fsp3) is 0.571. The van der Waals surface area contributed by atoms with E-state index in [9.17, 15) is 5.11 Å². The van der Waals surface area contributed by atoms with Crippen molar-refractivity contribution >= 4 is 17.3 Å². The van der Waals surface area contributed by atoms with Crippen LogP contribution in [0.3, 0.4) is 0 Å². The number of aliphatic hydroxyl groups is 1. The normalized spacial score (nSPS) is 12.5. The summed E-state index contributed by atoms with van der Waals surface area (Å²) in [5.41, 5.74) is 0.777. The highest BCUT2D eigenvalue weighted by Crippen LogP contribution is 2.26. The first-order valence-corrected chi connectivity index (χ1v) is 6.96. The smallest absolute Gasteiger partial charge is 0.121 e. The first kappa shape index (κ1) is 16.1. The number of benzene rings is 1. The van der Waals surface area contributed by atoms with Crippen LogP contribution in [0.1, 0.15) is 13.8 Å². The molecule has 1 aromatic rings. The summed E-state index contributed by atoms with van der Waals surface area (Å²) in [4.78, 5) is 2.18. The molecule has 0 amide bonds. The molecule has 1 aromatic carbocycles. The quantitative estimate of drug-likeness (QED) is 0.771. The minimum atomic E-state index is -0.429. The summed E-state index contributed by atoms with van der Waals surface area (Å²) < 4.78 is 5.15. The van der Waals surface area contributed by atoms with Crippen LogP contribution in [-0.4, -0.2) is 49.4 Å². The van der Waals surface area contributed by atoms with Gasteiger partial charge in [0.05, 0.1) is 23.9 Å². The maximum absolute atomic E-state index is 9.98. The molecular formula is C14H23ClN2O2. The number of halogens is 1. The van der Waals surface area contributed by atoms with Crippen LogP contribution in [0.15, 0.2) is 18.2 Å². The minimum Gasteiger partial charge on any atom is -0.497 e. The summed E-state index contributed by atoms with van der Waals surface area (Å²) >= 11 is 6.09. The topological polar surface area (TPSA) is 44.7 Å². The van der Waals surface area contributed by atoms with E-state index in [1.807, 2.05) is 6.07 Å². The van der Waals surface area contributed by atoms with E-state index in [4.69, 9.17) is 16.3 Å². The van der Waals surface area contributed by atoms with Gasteiger partial charge < -0.3 is 20.1 Å². The Labute approximate surface area is 120 Å². The molecule has 0 heterocycles. The number of aliphatic hydroxyl groups excluding tert-OH is 1. The molecule has 1 rings (SSSR count). The molecule has 0 aliphatic carbocycles. The molecule has 1 unspecified atom stereocenters. The molecule has 0 aromatic heterocycles. The van der Waals surface area contributed by atoms with Crippen molar-refractivity contribution < 1.29 is 9.84 Å². The number of nitrogens with zero attached hydrogens (tertiary/aromatic N) is 1. The monoisotopic (exact) mass is 286 g/mol. The Kier molecular flexibility index (Phi) is 6.99. The van der Waals surface area contributed by atoms with Crippen LogP contribution in [0.25, 0.3) is 0 Å². The Morgan fingerprint density at radius 1 is 1.37 bits per heavy atom. The zero-order chi connectivity index (χ0) is 14.3. The van der Waals surface area contributed by atoms with E-state index in [1.165, 1.54) is 0 Å². The number of ether oxygens (including phenoxy) is 1. The lowest BCUT2D eigenvalue weighted by molar-refractivity contribution is 0.128. The third kappa shape index (κ3) is 5.27.